The molecule has 0 aliphatic rings. The summed E-state index contributed by atoms with van der Waals surface area (Å²) >= 11 is 0. The van der Waals surface area contributed by atoms with Crippen LogP contribution in [0, 0.1) is 5.92 Å². The van der Waals surface area contributed by atoms with Gasteiger partial charge in [0.15, 0.2) is 0 Å². The van der Waals surface area contributed by atoms with Crippen LogP contribution in [-0.4, -0.2) is 18.6 Å². The fourth-order valence-electron chi connectivity index (χ4n) is 1.81. The number of hydrogen-bond donors (Lipinski definition) is 1. The predicted molar refractivity (Wildman–Crippen MR) is 72.6 cm³/mol. The molecule has 0 fully saturated rings. The zero-order valence-electron chi connectivity index (χ0n) is 11.2. The van der Waals surface area contributed by atoms with Gasteiger partial charge in [0.2, 0.25) is 5.88 Å². The van der Waals surface area contributed by atoms with Crippen molar-refractivity contribution in [3.63, 3.8) is 0 Å². The summed E-state index contributed by atoms with van der Waals surface area (Å²) in [5.74, 6) is 1.42. The van der Waals surface area contributed by atoms with Crippen LogP contribution in [-0.2, 0) is 0 Å². The molecule has 0 aliphatic carbocycles. The van der Waals surface area contributed by atoms with Gasteiger partial charge in [0.05, 0.1) is 19.0 Å². The van der Waals surface area contributed by atoms with Crippen molar-refractivity contribution in [3.8, 4) is 5.88 Å². The molecule has 96 valence electrons. The highest BCUT2D eigenvalue weighted by molar-refractivity contribution is 5.41. The van der Waals surface area contributed by atoms with E-state index in [0.717, 1.165) is 18.2 Å². The number of unbranched alkanes of at least 4 members (excludes halogenated alkanes) is 1. The lowest BCUT2D eigenvalue weighted by Gasteiger charge is -2.16. The van der Waals surface area contributed by atoms with E-state index in [2.05, 4.69) is 24.1 Å². The first-order valence-electron chi connectivity index (χ1n) is 6.54. The maximum absolute atomic E-state index is 5.03. The molecule has 0 saturated carbocycles. The second-order valence-corrected chi connectivity index (χ2v) is 4.39. The summed E-state index contributed by atoms with van der Waals surface area (Å²) in [4.78, 5) is 4.18. The normalized spacial score (nSPS) is 12.2. The molecular formula is C14H24N2O. The van der Waals surface area contributed by atoms with Crippen molar-refractivity contribution in [2.75, 3.05) is 19.0 Å². The van der Waals surface area contributed by atoms with E-state index in [4.69, 9.17) is 4.74 Å². The molecule has 1 aromatic heterocycles. The Kier molecular flexibility index (Phi) is 6.45. The van der Waals surface area contributed by atoms with E-state index in [1.165, 1.54) is 25.7 Å². The molecule has 0 aliphatic heterocycles. The molecule has 1 aromatic rings. The van der Waals surface area contributed by atoms with Gasteiger partial charge in [-0.2, -0.15) is 0 Å². The Labute approximate surface area is 105 Å². The third kappa shape index (κ3) is 5.07. The van der Waals surface area contributed by atoms with Crippen molar-refractivity contribution in [3.05, 3.63) is 18.3 Å². The van der Waals surface area contributed by atoms with Gasteiger partial charge in [-0.25, -0.2) is 4.98 Å². The van der Waals surface area contributed by atoms with Gasteiger partial charge in [-0.1, -0.05) is 33.1 Å². The molecule has 0 aromatic carbocycles. The minimum atomic E-state index is 0.661. The molecule has 0 bridgehead atoms. The molecule has 17 heavy (non-hydrogen) atoms. The standard InChI is InChI=1S/C14H24N2O/c1-4-6-7-12(5-2)10-15-13-8-9-14(17-3)16-11-13/h8-9,11-12,15H,4-7,10H2,1-3H3. The van der Waals surface area contributed by atoms with E-state index < -0.39 is 0 Å². The highest BCUT2D eigenvalue weighted by Crippen LogP contribution is 2.15. The molecule has 0 spiro atoms. The van der Waals surface area contributed by atoms with Gasteiger partial charge >= 0.3 is 0 Å². The van der Waals surface area contributed by atoms with Gasteiger partial charge in [-0.3, -0.25) is 0 Å². The Morgan fingerprint density at radius 1 is 1.35 bits per heavy atom. The first-order valence-corrected chi connectivity index (χ1v) is 6.54. The number of rotatable bonds is 8. The summed E-state index contributed by atoms with van der Waals surface area (Å²) < 4.78 is 5.03. The third-order valence-corrected chi connectivity index (χ3v) is 3.08. The fraction of sp³-hybridized carbons (Fsp3) is 0.643. The number of hydrogen-bond acceptors (Lipinski definition) is 3. The van der Waals surface area contributed by atoms with Crippen LogP contribution in [0.25, 0.3) is 0 Å². The van der Waals surface area contributed by atoms with E-state index in [1.54, 1.807) is 7.11 Å². The predicted octanol–water partition coefficient (Wildman–Crippen LogP) is 3.72. The van der Waals surface area contributed by atoms with Crippen molar-refractivity contribution in [1.82, 2.24) is 4.98 Å². The smallest absolute Gasteiger partial charge is 0.213 e. The molecule has 0 amide bonds. The summed E-state index contributed by atoms with van der Waals surface area (Å²) in [7, 11) is 1.63. The largest absolute Gasteiger partial charge is 0.481 e. The Balaban J connectivity index is 2.36. The van der Waals surface area contributed by atoms with Gasteiger partial charge in [-0.15, -0.1) is 0 Å². The highest BCUT2D eigenvalue weighted by atomic mass is 16.5. The first-order chi connectivity index (χ1) is 8.30. The number of anilines is 1. The molecule has 1 unspecified atom stereocenters. The minimum absolute atomic E-state index is 0.661. The molecule has 1 heterocycles. The fourth-order valence-corrected chi connectivity index (χ4v) is 1.81. The summed E-state index contributed by atoms with van der Waals surface area (Å²) in [5, 5.41) is 3.44. The summed E-state index contributed by atoms with van der Waals surface area (Å²) in [6, 6.07) is 3.90. The van der Waals surface area contributed by atoms with Crippen molar-refractivity contribution < 1.29 is 4.74 Å². The zero-order chi connectivity index (χ0) is 12.5. The van der Waals surface area contributed by atoms with Gasteiger partial charge in [0, 0.05) is 12.6 Å². The quantitative estimate of drug-likeness (QED) is 0.747. The van der Waals surface area contributed by atoms with E-state index in [9.17, 15) is 0 Å². The summed E-state index contributed by atoms with van der Waals surface area (Å²) in [6.07, 6.45) is 6.97. The van der Waals surface area contributed by atoms with Crippen LogP contribution in [0.15, 0.2) is 18.3 Å². The van der Waals surface area contributed by atoms with E-state index in [-0.39, 0.29) is 0 Å². The van der Waals surface area contributed by atoms with E-state index >= 15 is 0 Å². The van der Waals surface area contributed by atoms with Gasteiger partial charge < -0.3 is 10.1 Å². The molecule has 0 saturated heterocycles. The number of aromatic nitrogens is 1. The Morgan fingerprint density at radius 2 is 2.18 bits per heavy atom. The van der Waals surface area contributed by atoms with Crippen LogP contribution >= 0.6 is 0 Å². The van der Waals surface area contributed by atoms with E-state index in [1.807, 2.05) is 18.3 Å². The van der Waals surface area contributed by atoms with E-state index in [0.29, 0.717) is 5.88 Å². The maximum Gasteiger partial charge on any atom is 0.213 e. The molecular weight excluding hydrogens is 212 g/mol. The van der Waals surface area contributed by atoms with Crippen LogP contribution in [0.4, 0.5) is 5.69 Å². The number of pyridine rings is 1. The van der Waals surface area contributed by atoms with Gasteiger partial charge in [0.25, 0.3) is 0 Å². The maximum atomic E-state index is 5.03. The lowest BCUT2D eigenvalue weighted by atomic mass is 9.99. The van der Waals surface area contributed by atoms with Crippen LogP contribution < -0.4 is 10.1 Å². The Morgan fingerprint density at radius 3 is 2.71 bits per heavy atom. The number of methoxy groups -OCH3 is 1. The third-order valence-electron chi connectivity index (χ3n) is 3.08. The second kappa shape index (κ2) is 7.93. The van der Waals surface area contributed by atoms with Crippen molar-refractivity contribution >= 4 is 5.69 Å². The first kappa shape index (κ1) is 13.8. The van der Waals surface area contributed by atoms with Crippen molar-refractivity contribution in [2.45, 2.75) is 39.5 Å². The number of nitrogens with one attached hydrogen (secondary N) is 1. The number of ether oxygens (including phenoxy) is 1. The van der Waals surface area contributed by atoms with Crippen LogP contribution in [0.1, 0.15) is 39.5 Å². The molecule has 3 heteroatoms. The van der Waals surface area contributed by atoms with Crippen molar-refractivity contribution in [1.29, 1.82) is 0 Å². The highest BCUT2D eigenvalue weighted by Gasteiger charge is 2.05. The second-order valence-electron chi connectivity index (χ2n) is 4.39. The zero-order valence-corrected chi connectivity index (χ0v) is 11.2. The lowest BCUT2D eigenvalue weighted by Crippen LogP contribution is -2.13. The van der Waals surface area contributed by atoms with Crippen LogP contribution in [0.2, 0.25) is 0 Å². The average Bonchev–Trinajstić information content (AvgIpc) is 2.39. The lowest BCUT2D eigenvalue weighted by molar-refractivity contribution is 0.398. The Bertz CT molecular complexity index is 298. The van der Waals surface area contributed by atoms with Gasteiger partial charge in [-0.05, 0) is 18.4 Å². The number of nitrogens with zero attached hydrogens (tertiary/aromatic N) is 1. The molecule has 1 rings (SSSR count). The summed E-state index contributed by atoms with van der Waals surface area (Å²) in [6.45, 7) is 5.53. The van der Waals surface area contributed by atoms with Crippen molar-refractivity contribution in [2.24, 2.45) is 5.92 Å². The molecule has 1 atom stereocenters. The topological polar surface area (TPSA) is 34.1 Å². The van der Waals surface area contributed by atoms with Crippen LogP contribution in [0.5, 0.6) is 5.88 Å². The summed E-state index contributed by atoms with van der Waals surface area (Å²) in [5.41, 5.74) is 1.07. The molecule has 0 radical (unpaired) electrons. The minimum Gasteiger partial charge on any atom is -0.481 e. The average molecular weight is 236 g/mol. The monoisotopic (exact) mass is 236 g/mol. The molecule has 3 nitrogen and oxygen atoms in total. The molecule has 1 N–H and O–H groups in total. The SMILES string of the molecule is CCCCC(CC)CNc1ccc(OC)nc1. The Hall–Kier alpha value is -1.25. The van der Waals surface area contributed by atoms with Crippen LogP contribution in [0.3, 0.4) is 0 Å². The van der Waals surface area contributed by atoms with Gasteiger partial charge in [0.1, 0.15) is 0 Å².